The summed E-state index contributed by atoms with van der Waals surface area (Å²) in [5.41, 5.74) is 2.09. The number of aryl methyl sites for hydroxylation is 1. The van der Waals surface area contributed by atoms with Gasteiger partial charge in [0.1, 0.15) is 6.04 Å². The van der Waals surface area contributed by atoms with Crippen LogP contribution in [0.25, 0.3) is 0 Å². The van der Waals surface area contributed by atoms with Gasteiger partial charge in [-0.1, -0.05) is 0 Å². The van der Waals surface area contributed by atoms with Gasteiger partial charge < -0.3 is 9.80 Å². The molecule has 0 radical (unpaired) electrons. The summed E-state index contributed by atoms with van der Waals surface area (Å²) < 4.78 is 0. The Bertz CT molecular complexity index is 554. The smallest absolute Gasteiger partial charge is 0.245 e. The van der Waals surface area contributed by atoms with Gasteiger partial charge in [-0.25, -0.2) is 0 Å². The lowest BCUT2D eigenvalue weighted by molar-refractivity contribution is -0.141. The molecule has 3 heterocycles. The Labute approximate surface area is 124 Å². The highest BCUT2D eigenvalue weighted by Gasteiger charge is 2.37. The van der Waals surface area contributed by atoms with E-state index in [1.807, 2.05) is 11.8 Å². The van der Waals surface area contributed by atoms with Crippen LogP contribution in [0.4, 0.5) is 0 Å². The van der Waals surface area contributed by atoms with Crippen LogP contribution in [0.5, 0.6) is 0 Å². The van der Waals surface area contributed by atoms with E-state index in [1.54, 1.807) is 11.9 Å². The van der Waals surface area contributed by atoms with E-state index in [4.69, 9.17) is 0 Å². The summed E-state index contributed by atoms with van der Waals surface area (Å²) in [5, 5.41) is 7.30. The van der Waals surface area contributed by atoms with Crippen LogP contribution in [0, 0.1) is 6.92 Å². The average Bonchev–Trinajstić information content (AvgIpc) is 3.06. The second-order valence-electron chi connectivity index (χ2n) is 6.16. The number of hydrogen-bond acceptors (Lipinski definition) is 3. The van der Waals surface area contributed by atoms with Gasteiger partial charge in [-0.05, 0) is 32.3 Å². The van der Waals surface area contributed by atoms with E-state index in [-0.39, 0.29) is 17.9 Å². The number of nitrogens with one attached hydrogen (secondary N) is 1. The highest BCUT2D eigenvalue weighted by Crippen LogP contribution is 2.28. The van der Waals surface area contributed by atoms with Crippen LogP contribution in [0.15, 0.2) is 6.07 Å². The van der Waals surface area contributed by atoms with E-state index in [9.17, 15) is 9.59 Å². The number of hydrogen-bond donors (Lipinski definition) is 1. The maximum absolute atomic E-state index is 12.6. The largest absolute Gasteiger partial charge is 0.340 e. The van der Waals surface area contributed by atoms with Crippen LogP contribution in [0.1, 0.15) is 43.0 Å². The van der Waals surface area contributed by atoms with Crippen molar-refractivity contribution in [3.8, 4) is 0 Å². The minimum Gasteiger partial charge on any atom is -0.340 e. The van der Waals surface area contributed by atoms with Gasteiger partial charge in [-0.2, -0.15) is 5.10 Å². The van der Waals surface area contributed by atoms with Crippen molar-refractivity contribution in [1.82, 2.24) is 20.0 Å². The summed E-state index contributed by atoms with van der Waals surface area (Å²) in [6.07, 6.45) is 3.19. The topological polar surface area (TPSA) is 69.3 Å². The first-order valence-corrected chi connectivity index (χ1v) is 7.62. The summed E-state index contributed by atoms with van der Waals surface area (Å²) >= 11 is 0. The molecule has 6 nitrogen and oxygen atoms in total. The van der Waals surface area contributed by atoms with Gasteiger partial charge >= 0.3 is 0 Å². The number of rotatable bonds is 2. The first kappa shape index (κ1) is 14.1. The molecule has 1 aromatic heterocycles. The van der Waals surface area contributed by atoms with Crippen LogP contribution >= 0.6 is 0 Å². The van der Waals surface area contributed by atoms with Crippen LogP contribution in [0.3, 0.4) is 0 Å². The van der Waals surface area contributed by atoms with E-state index in [1.165, 1.54) is 0 Å². The molecule has 6 heteroatoms. The molecule has 2 amide bonds. The van der Waals surface area contributed by atoms with Gasteiger partial charge in [-0.3, -0.25) is 14.7 Å². The molecular formula is C15H22N4O2. The third-order valence-electron chi connectivity index (χ3n) is 4.65. The Balaban J connectivity index is 1.68. The van der Waals surface area contributed by atoms with Crippen molar-refractivity contribution in [1.29, 1.82) is 0 Å². The number of H-pyrrole nitrogens is 1. The molecule has 0 aromatic carbocycles. The number of carbonyl (C=O) groups is 2. The summed E-state index contributed by atoms with van der Waals surface area (Å²) in [5.74, 6) is 0.472. The molecule has 2 aliphatic heterocycles. The van der Waals surface area contributed by atoms with Crippen LogP contribution < -0.4 is 0 Å². The minimum atomic E-state index is -0.267. The summed E-state index contributed by atoms with van der Waals surface area (Å²) in [6.45, 7) is 3.49. The highest BCUT2D eigenvalue weighted by atomic mass is 16.2. The second-order valence-corrected chi connectivity index (χ2v) is 6.16. The van der Waals surface area contributed by atoms with Crippen molar-refractivity contribution in [3.05, 3.63) is 17.5 Å². The van der Waals surface area contributed by atoms with Gasteiger partial charge in [-0.15, -0.1) is 0 Å². The quantitative estimate of drug-likeness (QED) is 0.885. The number of aromatic nitrogens is 2. The number of nitrogens with zero attached hydrogens (tertiary/aromatic N) is 3. The van der Waals surface area contributed by atoms with Crippen molar-refractivity contribution in [2.75, 3.05) is 20.1 Å². The fourth-order valence-electron chi connectivity index (χ4n) is 3.37. The Kier molecular flexibility index (Phi) is 3.69. The molecule has 1 aromatic rings. The van der Waals surface area contributed by atoms with Gasteiger partial charge in [0, 0.05) is 38.2 Å². The Morgan fingerprint density at radius 3 is 2.86 bits per heavy atom. The minimum absolute atomic E-state index is 0.0739. The van der Waals surface area contributed by atoms with Gasteiger partial charge in [0.2, 0.25) is 11.8 Å². The zero-order valence-electron chi connectivity index (χ0n) is 12.6. The summed E-state index contributed by atoms with van der Waals surface area (Å²) in [7, 11) is 1.73. The molecule has 2 atom stereocenters. The van der Waals surface area contributed by atoms with E-state index in [0.29, 0.717) is 25.3 Å². The third-order valence-corrected chi connectivity index (χ3v) is 4.65. The molecule has 114 valence electrons. The van der Waals surface area contributed by atoms with E-state index in [2.05, 4.69) is 16.3 Å². The molecule has 2 unspecified atom stereocenters. The van der Waals surface area contributed by atoms with Crippen LogP contribution in [-0.4, -0.2) is 58.0 Å². The molecule has 21 heavy (non-hydrogen) atoms. The molecule has 0 spiro atoms. The Hall–Kier alpha value is -1.85. The SMILES string of the molecule is Cc1cc(C2CCCN(C(=O)C3CCC(=O)N3C)C2)n[nH]1. The monoisotopic (exact) mass is 290 g/mol. The Morgan fingerprint density at radius 1 is 1.43 bits per heavy atom. The lowest BCUT2D eigenvalue weighted by Crippen LogP contribution is -2.48. The maximum Gasteiger partial charge on any atom is 0.245 e. The average molecular weight is 290 g/mol. The predicted molar refractivity (Wildman–Crippen MR) is 77.7 cm³/mol. The number of aromatic amines is 1. The fraction of sp³-hybridized carbons (Fsp3) is 0.667. The number of likely N-dealkylation sites (N-methyl/N-ethyl adjacent to an activating group) is 1. The van der Waals surface area contributed by atoms with E-state index in [0.717, 1.165) is 30.8 Å². The first-order chi connectivity index (χ1) is 10.1. The maximum atomic E-state index is 12.6. The Morgan fingerprint density at radius 2 is 2.24 bits per heavy atom. The number of carbonyl (C=O) groups excluding carboxylic acids is 2. The highest BCUT2D eigenvalue weighted by molar-refractivity contribution is 5.90. The summed E-state index contributed by atoms with van der Waals surface area (Å²) in [4.78, 5) is 27.8. The third kappa shape index (κ3) is 2.66. The molecule has 2 aliphatic rings. The number of amides is 2. The molecule has 2 saturated heterocycles. The fourth-order valence-corrected chi connectivity index (χ4v) is 3.37. The molecule has 0 bridgehead atoms. The molecule has 0 saturated carbocycles. The molecule has 1 N–H and O–H groups in total. The van der Waals surface area contributed by atoms with Crippen LogP contribution in [-0.2, 0) is 9.59 Å². The molecule has 2 fully saturated rings. The lowest BCUT2D eigenvalue weighted by atomic mass is 9.94. The van der Waals surface area contributed by atoms with Gasteiger partial charge in [0.15, 0.2) is 0 Å². The zero-order valence-corrected chi connectivity index (χ0v) is 12.6. The summed E-state index contributed by atoms with van der Waals surface area (Å²) in [6, 6.07) is 1.79. The zero-order chi connectivity index (χ0) is 15.0. The van der Waals surface area contributed by atoms with E-state index >= 15 is 0 Å². The van der Waals surface area contributed by atoms with Crippen molar-refractivity contribution >= 4 is 11.8 Å². The lowest BCUT2D eigenvalue weighted by Gasteiger charge is -2.34. The molecular weight excluding hydrogens is 268 g/mol. The second kappa shape index (κ2) is 5.50. The molecule has 0 aliphatic carbocycles. The van der Waals surface area contributed by atoms with Crippen molar-refractivity contribution in [3.63, 3.8) is 0 Å². The predicted octanol–water partition coefficient (Wildman–Crippen LogP) is 1.04. The first-order valence-electron chi connectivity index (χ1n) is 7.62. The number of likely N-dealkylation sites (tertiary alicyclic amines) is 2. The van der Waals surface area contributed by atoms with Gasteiger partial charge in [0.25, 0.3) is 0 Å². The number of piperidine rings is 1. The van der Waals surface area contributed by atoms with E-state index < -0.39 is 0 Å². The van der Waals surface area contributed by atoms with Gasteiger partial charge in [0.05, 0.1) is 5.69 Å². The standard InChI is InChI=1S/C15H22N4O2/c1-10-8-12(17-16-10)11-4-3-7-19(9-11)15(21)13-5-6-14(20)18(13)2/h8,11,13H,3-7,9H2,1-2H3,(H,16,17). The van der Waals surface area contributed by atoms with Crippen molar-refractivity contribution in [2.45, 2.75) is 44.6 Å². The normalized spacial score (nSPS) is 26.5. The van der Waals surface area contributed by atoms with Crippen molar-refractivity contribution < 1.29 is 9.59 Å². The van der Waals surface area contributed by atoms with Crippen LogP contribution in [0.2, 0.25) is 0 Å². The molecule has 3 rings (SSSR count). The van der Waals surface area contributed by atoms with Crippen molar-refractivity contribution in [2.24, 2.45) is 0 Å².